The highest BCUT2D eigenvalue weighted by atomic mass is 19.1. The summed E-state index contributed by atoms with van der Waals surface area (Å²) >= 11 is 0. The monoisotopic (exact) mass is 317 g/mol. The Bertz CT molecular complexity index is 638. The summed E-state index contributed by atoms with van der Waals surface area (Å²) in [6.07, 6.45) is 3.61. The third-order valence-electron chi connectivity index (χ3n) is 4.58. The molecule has 6 heteroatoms. The van der Waals surface area contributed by atoms with Gasteiger partial charge < -0.3 is 4.90 Å². The first-order valence-corrected chi connectivity index (χ1v) is 7.93. The molecule has 0 N–H and O–H groups in total. The van der Waals surface area contributed by atoms with Crippen LogP contribution in [0.4, 0.5) is 4.39 Å². The topological polar surface area (TPSA) is 53.0 Å². The van der Waals surface area contributed by atoms with Crippen LogP contribution in [0.5, 0.6) is 0 Å². The van der Waals surface area contributed by atoms with E-state index in [1.807, 2.05) is 6.07 Å². The Labute approximate surface area is 134 Å². The van der Waals surface area contributed by atoms with Gasteiger partial charge in [0.2, 0.25) is 11.8 Å². The van der Waals surface area contributed by atoms with Gasteiger partial charge in [-0.3, -0.25) is 9.59 Å². The van der Waals surface area contributed by atoms with Gasteiger partial charge in [-0.2, -0.15) is 5.10 Å². The predicted octanol–water partition coefficient (Wildman–Crippen LogP) is 2.34. The number of halogens is 1. The van der Waals surface area contributed by atoms with Crippen LogP contribution < -0.4 is 0 Å². The lowest BCUT2D eigenvalue weighted by molar-refractivity contribution is -0.141. The second-order valence-corrected chi connectivity index (χ2v) is 6.07. The lowest BCUT2D eigenvalue weighted by Crippen LogP contribution is -2.42. The molecule has 2 aliphatic rings. The fraction of sp³-hybridized carbons (Fsp3) is 0.471. The van der Waals surface area contributed by atoms with Crippen molar-refractivity contribution in [3.63, 3.8) is 0 Å². The van der Waals surface area contributed by atoms with Crippen molar-refractivity contribution in [3.05, 3.63) is 35.6 Å². The number of hydrazone groups is 1. The van der Waals surface area contributed by atoms with Crippen LogP contribution in [0.15, 0.2) is 29.4 Å². The molecule has 0 aromatic heterocycles. The van der Waals surface area contributed by atoms with Crippen molar-refractivity contribution in [2.75, 3.05) is 13.1 Å². The SMILES string of the molecule is CC(=O)N1CCC(C(=O)N2N=CCC2c2cccc(F)c2)CC1. The number of likely N-dealkylation sites (tertiary alicyclic amines) is 1. The molecule has 5 nitrogen and oxygen atoms in total. The Morgan fingerprint density at radius 2 is 2.00 bits per heavy atom. The number of benzene rings is 1. The highest BCUT2D eigenvalue weighted by Gasteiger charge is 2.35. The van der Waals surface area contributed by atoms with Crippen LogP contribution in [0.1, 0.15) is 37.8 Å². The van der Waals surface area contributed by atoms with E-state index in [-0.39, 0.29) is 29.6 Å². The number of nitrogens with zero attached hydrogens (tertiary/aromatic N) is 3. The molecule has 1 fully saturated rings. The standard InChI is InChI=1S/C17H20FN3O2/c1-12(22)20-9-6-13(7-10-20)17(23)21-16(5-8-19-21)14-3-2-4-15(18)11-14/h2-4,8,11,13,16H,5-7,9-10H2,1H3. The maximum absolute atomic E-state index is 13.4. The van der Waals surface area contributed by atoms with Crippen molar-refractivity contribution >= 4 is 18.0 Å². The van der Waals surface area contributed by atoms with Crippen LogP contribution >= 0.6 is 0 Å². The van der Waals surface area contributed by atoms with Crippen molar-refractivity contribution in [1.82, 2.24) is 9.91 Å². The van der Waals surface area contributed by atoms with Gasteiger partial charge >= 0.3 is 0 Å². The van der Waals surface area contributed by atoms with Crippen LogP contribution in [-0.4, -0.2) is 41.0 Å². The Morgan fingerprint density at radius 1 is 1.26 bits per heavy atom. The molecule has 0 radical (unpaired) electrons. The van der Waals surface area contributed by atoms with Gasteiger partial charge in [0.1, 0.15) is 5.82 Å². The van der Waals surface area contributed by atoms with Crippen LogP contribution in [-0.2, 0) is 9.59 Å². The number of hydrogen-bond donors (Lipinski definition) is 0. The largest absolute Gasteiger partial charge is 0.343 e. The van der Waals surface area contributed by atoms with Crippen LogP contribution in [0.2, 0.25) is 0 Å². The number of rotatable bonds is 2. The summed E-state index contributed by atoms with van der Waals surface area (Å²) in [5.41, 5.74) is 0.761. The predicted molar refractivity (Wildman–Crippen MR) is 84.1 cm³/mol. The van der Waals surface area contributed by atoms with Gasteiger partial charge in [-0.1, -0.05) is 12.1 Å². The van der Waals surface area contributed by atoms with E-state index in [9.17, 15) is 14.0 Å². The molecule has 122 valence electrons. The molecule has 0 spiro atoms. The first-order chi connectivity index (χ1) is 11.1. The molecule has 1 aromatic carbocycles. The second kappa shape index (κ2) is 6.48. The Kier molecular flexibility index (Phi) is 4.41. The summed E-state index contributed by atoms with van der Waals surface area (Å²) in [5, 5.41) is 5.70. The van der Waals surface area contributed by atoms with E-state index < -0.39 is 0 Å². The number of amides is 2. The minimum absolute atomic E-state index is 0.0313. The summed E-state index contributed by atoms with van der Waals surface area (Å²) in [7, 11) is 0. The average molecular weight is 317 g/mol. The molecule has 1 atom stereocenters. The van der Waals surface area contributed by atoms with Crippen molar-refractivity contribution < 1.29 is 14.0 Å². The molecule has 0 aliphatic carbocycles. The maximum Gasteiger partial charge on any atom is 0.246 e. The normalized spacial score (nSPS) is 21.7. The molecule has 1 aromatic rings. The molecule has 0 saturated carbocycles. The Morgan fingerprint density at radius 3 is 2.65 bits per heavy atom. The minimum Gasteiger partial charge on any atom is -0.343 e. The number of piperidine rings is 1. The highest BCUT2D eigenvalue weighted by molar-refractivity contribution is 5.82. The van der Waals surface area contributed by atoms with Gasteiger partial charge in [0, 0.05) is 38.6 Å². The van der Waals surface area contributed by atoms with Crippen LogP contribution in [0, 0.1) is 11.7 Å². The highest BCUT2D eigenvalue weighted by Crippen LogP contribution is 2.32. The van der Waals surface area contributed by atoms with E-state index in [2.05, 4.69) is 5.10 Å². The molecule has 1 saturated heterocycles. The summed E-state index contributed by atoms with van der Waals surface area (Å²) in [6.45, 7) is 2.76. The van der Waals surface area contributed by atoms with Gasteiger partial charge in [-0.15, -0.1) is 0 Å². The molecule has 1 unspecified atom stereocenters. The summed E-state index contributed by atoms with van der Waals surface area (Å²) in [6, 6.07) is 6.09. The third kappa shape index (κ3) is 3.25. The van der Waals surface area contributed by atoms with E-state index in [4.69, 9.17) is 0 Å². The summed E-state index contributed by atoms with van der Waals surface area (Å²) < 4.78 is 13.4. The zero-order valence-electron chi connectivity index (χ0n) is 13.1. The quantitative estimate of drug-likeness (QED) is 0.841. The lowest BCUT2D eigenvalue weighted by atomic mass is 9.94. The van der Waals surface area contributed by atoms with Gasteiger partial charge in [-0.25, -0.2) is 9.40 Å². The smallest absolute Gasteiger partial charge is 0.246 e. The number of carbonyl (C=O) groups is 2. The van der Waals surface area contributed by atoms with Gasteiger partial charge in [0.15, 0.2) is 0 Å². The fourth-order valence-corrected chi connectivity index (χ4v) is 3.25. The summed E-state index contributed by atoms with van der Waals surface area (Å²) in [5.74, 6) is -0.419. The zero-order chi connectivity index (χ0) is 16.4. The molecule has 3 rings (SSSR count). The first-order valence-electron chi connectivity index (χ1n) is 7.93. The molecule has 2 heterocycles. The fourth-order valence-electron chi connectivity index (χ4n) is 3.25. The third-order valence-corrected chi connectivity index (χ3v) is 4.58. The van der Waals surface area contributed by atoms with Crippen molar-refractivity contribution in [2.45, 2.75) is 32.2 Å². The van der Waals surface area contributed by atoms with Crippen LogP contribution in [0.25, 0.3) is 0 Å². The van der Waals surface area contributed by atoms with Crippen LogP contribution in [0.3, 0.4) is 0 Å². The van der Waals surface area contributed by atoms with E-state index in [1.54, 1.807) is 24.1 Å². The number of hydrogen-bond acceptors (Lipinski definition) is 3. The van der Waals surface area contributed by atoms with Crippen molar-refractivity contribution in [1.29, 1.82) is 0 Å². The minimum atomic E-state index is -0.309. The van der Waals surface area contributed by atoms with E-state index in [0.29, 0.717) is 32.4 Å². The Balaban J connectivity index is 1.69. The van der Waals surface area contributed by atoms with Gasteiger partial charge in [0.05, 0.1) is 6.04 Å². The molecule has 0 bridgehead atoms. The van der Waals surface area contributed by atoms with Gasteiger partial charge in [0.25, 0.3) is 0 Å². The summed E-state index contributed by atoms with van der Waals surface area (Å²) in [4.78, 5) is 25.9. The molecule has 2 aliphatic heterocycles. The molecular formula is C17H20FN3O2. The van der Waals surface area contributed by atoms with E-state index in [1.165, 1.54) is 17.1 Å². The van der Waals surface area contributed by atoms with E-state index >= 15 is 0 Å². The second-order valence-electron chi connectivity index (χ2n) is 6.07. The first kappa shape index (κ1) is 15.6. The van der Waals surface area contributed by atoms with Crippen molar-refractivity contribution in [3.8, 4) is 0 Å². The average Bonchev–Trinajstić information content (AvgIpc) is 3.04. The van der Waals surface area contributed by atoms with E-state index in [0.717, 1.165) is 5.56 Å². The molecular weight excluding hydrogens is 297 g/mol. The molecule has 23 heavy (non-hydrogen) atoms. The zero-order valence-corrected chi connectivity index (χ0v) is 13.1. The van der Waals surface area contributed by atoms with Crippen molar-refractivity contribution in [2.24, 2.45) is 11.0 Å². The lowest BCUT2D eigenvalue weighted by Gasteiger charge is -2.33. The Hall–Kier alpha value is -2.24. The maximum atomic E-state index is 13.4. The van der Waals surface area contributed by atoms with Gasteiger partial charge in [-0.05, 0) is 30.5 Å². The number of carbonyl (C=O) groups excluding carboxylic acids is 2. The molecule has 2 amide bonds.